The van der Waals surface area contributed by atoms with Crippen molar-refractivity contribution < 1.29 is 13.0 Å². The van der Waals surface area contributed by atoms with E-state index in [-0.39, 0.29) is 4.90 Å². The van der Waals surface area contributed by atoms with E-state index in [0.29, 0.717) is 0 Å². The van der Waals surface area contributed by atoms with E-state index < -0.39 is 18.2 Å². The molecule has 18 heavy (non-hydrogen) atoms. The summed E-state index contributed by atoms with van der Waals surface area (Å²) in [5.74, 6) is 0. The van der Waals surface area contributed by atoms with Crippen LogP contribution in [0.15, 0.2) is 29.2 Å². The molecule has 0 amide bonds. The Hall–Kier alpha value is -0.653. The maximum absolute atomic E-state index is 11.0. The van der Waals surface area contributed by atoms with Crippen LogP contribution in [0.5, 0.6) is 0 Å². The van der Waals surface area contributed by atoms with E-state index in [1.807, 2.05) is 12.1 Å². The topological polar surface area (TPSA) is 54.4 Å². The maximum Gasteiger partial charge on any atom is 0.294 e. The fourth-order valence-electron chi connectivity index (χ4n) is 2.34. The third-order valence-corrected chi connectivity index (χ3v) is 10.6. The van der Waals surface area contributed by atoms with Gasteiger partial charge in [0.2, 0.25) is 0 Å². The van der Waals surface area contributed by atoms with Gasteiger partial charge in [-0.25, -0.2) is 0 Å². The van der Waals surface area contributed by atoms with E-state index in [0.717, 1.165) is 6.04 Å². The molecule has 0 aliphatic rings. The summed E-state index contributed by atoms with van der Waals surface area (Å²) in [6, 6.07) is 11.5. The Labute approximate surface area is 111 Å². The van der Waals surface area contributed by atoms with Crippen molar-refractivity contribution in [1.29, 1.82) is 0 Å². The van der Waals surface area contributed by atoms with Gasteiger partial charge in [-0.1, -0.05) is 56.6 Å². The van der Waals surface area contributed by atoms with Crippen LogP contribution in [0.25, 0.3) is 0 Å². The molecule has 0 fully saturated rings. The summed E-state index contributed by atoms with van der Waals surface area (Å²) in [4.78, 5) is -0.0250. The summed E-state index contributed by atoms with van der Waals surface area (Å²) in [6.45, 7) is 6.77. The highest BCUT2D eigenvalue weighted by Crippen LogP contribution is 2.25. The molecule has 0 aliphatic carbocycles. The van der Waals surface area contributed by atoms with Gasteiger partial charge in [-0.2, -0.15) is 8.42 Å². The average molecular weight is 286 g/mol. The van der Waals surface area contributed by atoms with E-state index in [4.69, 9.17) is 4.55 Å². The van der Waals surface area contributed by atoms with E-state index >= 15 is 0 Å². The van der Waals surface area contributed by atoms with Gasteiger partial charge in [0.25, 0.3) is 10.1 Å². The molecule has 1 rings (SSSR count). The summed E-state index contributed by atoms with van der Waals surface area (Å²) in [7, 11) is -5.30. The van der Waals surface area contributed by atoms with Crippen molar-refractivity contribution in [2.75, 3.05) is 0 Å². The first-order chi connectivity index (χ1) is 8.37. The fraction of sp³-hybridized carbons (Fsp3) is 0.538. The lowest BCUT2D eigenvalue weighted by Crippen LogP contribution is -2.34. The summed E-state index contributed by atoms with van der Waals surface area (Å²) in [6.07, 6.45) is 0. The second-order valence-electron chi connectivity index (χ2n) is 4.86. The molecule has 1 aromatic carbocycles. The molecule has 0 radical (unpaired) electrons. The van der Waals surface area contributed by atoms with Gasteiger partial charge in [0.05, 0.1) is 13.0 Å². The largest absolute Gasteiger partial charge is 0.294 e. The standard InChI is InChI=1S/C13H22O3SSi/c1-4-18(5-2,6-3)11-12-7-9-13(10-8-12)17(14,15)16/h7-10H,4-6,11H2,1-3H3,(H,14,15,16). The van der Waals surface area contributed by atoms with Gasteiger partial charge in [-0.3, -0.25) is 4.55 Å². The highest BCUT2D eigenvalue weighted by Gasteiger charge is 2.26. The first-order valence-electron chi connectivity index (χ1n) is 6.43. The SMILES string of the molecule is CC[Si](CC)(CC)Cc1ccc(S(=O)(=O)O)cc1. The van der Waals surface area contributed by atoms with Crippen LogP contribution >= 0.6 is 0 Å². The number of rotatable bonds is 6. The molecule has 0 atom stereocenters. The van der Waals surface area contributed by atoms with Gasteiger partial charge in [0.15, 0.2) is 0 Å². The second-order valence-corrected chi connectivity index (χ2v) is 11.8. The smallest absolute Gasteiger partial charge is 0.282 e. The maximum atomic E-state index is 11.0. The minimum absolute atomic E-state index is 0.0250. The first kappa shape index (κ1) is 15.4. The third-order valence-electron chi connectivity index (χ3n) is 4.05. The third kappa shape index (κ3) is 3.67. The van der Waals surface area contributed by atoms with Crippen LogP contribution < -0.4 is 0 Å². The molecular formula is C13H22O3SSi. The fourth-order valence-corrected chi connectivity index (χ4v) is 6.17. The Kier molecular flexibility index (Phi) is 5.13. The average Bonchev–Trinajstić information content (AvgIpc) is 2.36. The molecule has 0 spiro atoms. The zero-order chi connectivity index (χ0) is 13.8. The van der Waals surface area contributed by atoms with Gasteiger partial charge in [0, 0.05) is 0 Å². The Bertz CT molecular complexity index is 467. The quantitative estimate of drug-likeness (QED) is 0.643. The van der Waals surface area contributed by atoms with Crippen LogP contribution in [0.1, 0.15) is 26.3 Å². The highest BCUT2D eigenvalue weighted by molar-refractivity contribution is 7.85. The minimum atomic E-state index is -4.07. The Morgan fingerprint density at radius 3 is 1.78 bits per heavy atom. The first-order valence-corrected chi connectivity index (χ1v) is 10.7. The van der Waals surface area contributed by atoms with E-state index in [1.165, 1.54) is 35.8 Å². The minimum Gasteiger partial charge on any atom is -0.282 e. The molecule has 0 heterocycles. The van der Waals surface area contributed by atoms with E-state index in [9.17, 15) is 8.42 Å². The Morgan fingerprint density at radius 1 is 1.00 bits per heavy atom. The molecule has 1 N–H and O–H groups in total. The predicted octanol–water partition coefficient (Wildman–Crippen LogP) is 3.52. The zero-order valence-electron chi connectivity index (χ0n) is 11.3. The molecule has 0 saturated carbocycles. The lowest BCUT2D eigenvalue weighted by atomic mass is 10.2. The lowest BCUT2D eigenvalue weighted by Gasteiger charge is -2.28. The number of hydrogen-bond acceptors (Lipinski definition) is 2. The molecule has 0 aromatic heterocycles. The molecule has 0 unspecified atom stereocenters. The van der Waals surface area contributed by atoms with E-state index in [1.54, 1.807) is 0 Å². The van der Waals surface area contributed by atoms with Crippen LogP contribution in [-0.2, 0) is 16.2 Å². The summed E-state index contributed by atoms with van der Waals surface area (Å²) in [5, 5.41) is 0. The summed E-state index contributed by atoms with van der Waals surface area (Å²) < 4.78 is 30.9. The van der Waals surface area contributed by atoms with Gasteiger partial charge >= 0.3 is 0 Å². The molecule has 102 valence electrons. The van der Waals surface area contributed by atoms with Crippen molar-refractivity contribution in [2.45, 2.75) is 49.8 Å². The monoisotopic (exact) mass is 286 g/mol. The van der Waals surface area contributed by atoms with Crippen LogP contribution in [0.4, 0.5) is 0 Å². The van der Waals surface area contributed by atoms with Gasteiger partial charge in [-0.15, -0.1) is 0 Å². The highest BCUT2D eigenvalue weighted by atomic mass is 32.2. The van der Waals surface area contributed by atoms with Gasteiger partial charge < -0.3 is 0 Å². The van der Waals surface area contributed by atoms with Crippen molar-refractivity contribution in [3.63, 3.8) is 0 Å². The number of benzene rings is 1. The van der Waals surface area contributed by atoms with Crippen LogP contribution in [0, 0.1) is 0 Å². The lowest BCUT2D eigenvalue weighted by molar-refractivity contribution is 0.483. The van der Waals surface area contributed by atoms with Crippen LogP contribution in [0.3, 0.4) is 0 Å². The second kappa shape index (κ2) is 5.99. The normalized spacial score (nSPS) is 12.7. The molecule has 0 saturated heterocycles. The van der Waals surface area contributed by atoms with E-state index in [2.05, 4.69) is 20.8 Å². The Morgan fingerprint density at radius 2 is 1.44 bits per heavy atom. The Balaban J connectivity index is 2.93. The summed E-state index contributed by atoms with van der Waals surface area (Å²) in [5.41, 5.74) is 1.18. The van der Waals surface area contributed by atoms with Crippen molar-refractivity contribution >= 4 is 18.2 Å². The molecule has 0 aliphatic heterocycles. The molecule has 0 bridgehead atoms. The zero-order valence-corrected chi connectivity index (χ0v) is 13.1. The number of hydrogen-bond donors (Lipinski definition) is 1. The van der Waals surface area contributed by atoms with Gasteiger partial charge in [0.1, 0.15) is 0 Å². The van der Waals surface area contributed by atoms with Crippen LogP contribution in [0.2, 0.25) is 18.1 Å². The van der Waals surface area contributed by atoms with Crippen molar-refractivity contribution in [1.82, 2.24) is 0 Å². The van der Waals surface area contributed by atoms with Crippen LogP contribution in [-0.4, -0.2) is 21.0 Å². The molecule has 1 aromatic rings. The van der Waals surface area contributed by atoms with Crippen molar-refractivity contribution in [3.05, 3.63) is 29.8 Å². The van der Waals surface area contributed by atoms with Crippen molar-refractivity contribution in [3.8, 4) is 0 Å². The summed E-state index contributed by atoms with van der Waals surface area (Å²) >= 11 is 0. The van der Waals surface area contributed by atoms with Crippen molar-refractivity contribution in [2.24, 2.45) is 0 Å². The molecular weight excluding hydrogens is 264 g/mol. The predicted molar refractivity (Wildman–Crippen MR) is 77.2 cm³/mol. The van der Waals surface area contributed by atoms with Gasteiger partial charge in [-0.05, 0) is 18.2 Å². The molecule has 5 heteroatoms. The molecule has 3 nitrogen and oxygen atoms in total.